The number of nitrogens with zero attached hydrogens (tertiary/aromatic N) is 4. The average Bonchev–Trinajstić information content (AvgIpc) is 2.17. The normalized spacial score (nSPS) is 10.5. The van der Waals surface area contributed by atoms with Crippen molar-refractivity contribution in [2.75, 3.05) is 0 Å². The molecule has 84 valence electrons. The van der Waals surface area contributed by atoms with Crippen molar-refractivity contribution in [2.45, 2.75) is 5.75 Å². The Balaban J connectivity index is 3.03. The van der Waals surface area contributed by atoms with Crippen LogP contribution in [0.3, 0.4) is 0 Å². The van der Waals surface area contributed by atoms with Gasteiger partial charge in [-0.25, -0.2) is 8.42 Å². The molecule has 0 aliphatic rings. The summed E-state index contributed by atoms with van der Waals surface area (Å²) in [6.45, 7) is 0. The van der Waals surface area contributed by atoms with Gasteiger partial charge in [0.15, 0.2) is 0 Å². The van der Waals surface area contributed by atoms with E-state index in [1.165, 1.54) is 18.2 Å². The third-order valence-electron chi connectivity index (χ3n) is 1.63. The minimum absolute atomic E-state index is 0.196. The molecule has 0 aliphatic heterocycles. The zero-order valence-corrected chi connectivity index (χ0v) is 8.66. The second kappa shape index (κ2) is 4.60. The Morgan fingerprint density at radius 2 is 2.19 bits per heavy atom. The van der Waals surface area contributed by atoms with E-state index >= 15 is 0 Å². The molecule has 0 amide bonds. The summed E-state index contributed by atoms with van der Waals surface area (Å²) in [6, 6.07) is 5.12. The highest BCUT2D eigenvalue weighted by Crippen LogP contribution is 2.15. The summed E-state index contributed by atoms with van der Waals surface area (Å²) in [7, 11) is -3.94. The minimum atomic E-state index is -3.94. The Bertz CT molecular complexity index is 562. The molecule has 1 rings (SSSR count). The van der Waals surface area contributed by atoms with Gasteiger partial charge < -0.3 is 0 Å². The highest BCUT2D eigenvalue weighted by Gasteiger charge is 2.12. The zero-order valence-electron chi connectivity index (χ0n) is 7.85. The van der Waals surface area contributed by atoms with Gasteiger partial charge in [-0.2, -0.15) is 0 Å². The van der Waals surface area contributed by atoms with E-state index in [1.54, 1.807) is 0 Å². The maximum atomic E-state index is 11.1. The van der Waals surface area contributed by atoms with Gasteiger partial charge in [0.2, 0.25) is 10.0 Å². The van der Waals surface area contributed by atoms with Crippen molar-refractivity contribution in [3.63, 3.8) is 0 Å². The predicted octanol–water partition coefficient (Wildman–Crippen LogP) is 1.73. The Morgan fingerprint density at radius 1 is 1.50 bits per heavy atom. The van der Waals surface area contributed by atoms with Crippen LogP contribution in [0.1, 0.15) is 5.56 Å². The maximum Gasteiger partial charge on any atom is 0.269 e. The van der Waals surface area contributed by atoms with Crippen molar-refractivity contribution in [1.82, 2.24) is 0 Å². The number of azide groups is 1. The summed E-state index contributed by atoms with van der Waals surface area (Å²) < 4.78 is 24.8. The van der Waals surface area contributed by atoms with Gasteiger partial charge in [-0.15, -0.1) is 0 Å². The zero-order chi connectivity index (χ0) is 12.2. The van der Waals surface area contributed by atoms with Gasteiger partial charge in [-0.3, -0.25) is 10.1 Å². The van der Waals surface area contributed by atoms with Crippen LogP contribution in [-0.2, 0) is 15.8 Å². The van der Waals surface area contributed by atoms with E-state index in [1.807, 2.05) is 0 Å². The molecule has 0 spiro atoms. The summed E-state index contributed by atoms with van der Waals surface area (Å²) in [6.07, 6.45) is 0. The molecule has 1 aromatic carbocycles. The lowest BCUT2D eigenvalue weighted by atomic mass is 10.2. The molecule has 0 unspecified atom stereocenters. The van der Waals surface area contributed by atoms with Crippen LogP contribution in [0.2, 0.25) is 0 Å². The maximum absolute atomic E-state index is 11.1. The smallest absolute Gasteiger partial charge is 0.258 e. The number of nitro benzene ring substituents is 1. The molecule has 16 heavy (non-hydrogen) atoms. The minimum Gasteiger partial charge on any atom is -0.258 e. The number of nitro groups is 1. The Kier molecular flexibility index (Phi) is 3.44. The van der Waals surface area contributed by atoms with Crippen LogP contribution in [-0.4, -0.2) is 13.3 Å². The highest BCUT2D eigenvalue weighted by atomic mass is 32.2. The van der Waals surface area contributed by atoms with Gasteiger partial charge in [-0.05, 0) is 11.1 Å². The lowest BCUT2D eigenvalue weighted by Gasteiger charge is -1.98. The van der Waals surface area contributed by atoms with E-state index in [4.69, 9.17) is 5.53 Å². The fraction of sp³-hybridized carbons (Fsp3) is 0.143. The van der Waals surface area contributed by atoms with E-state index in [0.717, 1.165) is 6.07 Å². The monoisotopic (exact) mass is 242 g/mol. The van der Waals surface area contributed by atoms with Crippen molar-refractivity contribution in [3.05, 3.63) is 50.4 Å². The predicted molar refractivity (Wildman–Crippen MR) is 54.9 cm³/mol. The van der Waals surface area contributed by atoms with Crippen LogP contribution in [0, 0.1) is 10.1 Å². The first-order chi connectivity index (χ1) is 7.44. The molecule has 0 N–H and O–H groups in total. The third-order valence-corrected chi connectivity index (χ3v) is 2.65. The Morgan fingerprint density at radius 3 is 2.75 bits per heavy atom. The molecule has 0 saturated carbocycles. The number of sulfonamides is 1. The molecule has 0 bridgehead atoms. The summed E-state index contributed by atoms with van der Waals surface area (Å²) in [4.78, 5) is 11.9. The largest absolute Gasteiger partial charge is 0.269 e. The van der Waals surface area contributed by atoms with Crippen molar-refractivity contribution < 1.29 is 13.3 Å². The number of benzene rings is 1. The molecular formula is C7H6N4O4S. The van der Waals surface area contributed by atoms with Crippen LogP contribution >= 0.6 is 0 Å². The number of rotatable bonds is 4. The molecule has 9 heteroatoms. The standard InChI is InChI=1S/C7H6N4O4S/c8-9-10-16(14,15)5-6-2-1-3-7(4-6)11(12)13/h1-4H,5H2. The topological polar surface area (TPSA) is 126 Å². The third kappa shape index (κ3) is 3.23. The molecule has 0 aromatic heterocycles. The fourth-order valence-corrected chi connectivity index (χ4v) is 1.82. The molecule has 0 fully saturated rings. The number of hydrogen-bond acceptors (Lipinski definition) is 4. The molecule has 0 atom stereocenters. The Labute approximate surface area is 90.3 Å². The second-order valence-electron chi connectivity index (χ2n) is 2.82. The van der Waals surface area contributed by atoms with Crippen LogP contribution < -0.4 is 0 Å². The van der Waals surface area contributed by atoms with Gasteiger partial charge in [0.05, 0.1) is 10.7 Å². The van der Waals surface area contributed by atoms with Crippen LogP contribution in [0.25, 0.3) is 10.4 Å². The van der Waals surface area contributed by atoms with E-state index in [2.05, 4.69) is 9.43 Å². The first kappa shape index (κ1) is 12.0. The van der Waals surface area contributed by atoms with Crippen molar-refractivity contribution in [2.24, 2.45) is 4.52 Å². The van der Waals surface area contributed by atoms with Crippen molar-refractivity contribution >= 4 is 15.7 Å². The van der Waals surface area contributed by atoms with Crippen molar-refractivity contribution in [1.29, 1.82) is 0 Å². The fourth-order valence-electron chi connectivity index (χ4n) is 1.05. The average molecular weight is 242 g/mol. The second-order valence-corrected chi connectivity index (χ2v) is 4.44. The van der Waals surface area contributed by atoms with Gasteiger partial charge in [0.1, 0.15) is 0 Å². The van der Waals surface area contributed by atoms with E-state index < -0.39 is 20.7 Å². The summed E-state index contributed by atoms with van der Waals surface area (Å²) >= 11 is 0. The molecule has 0 heterocycles. The highest BCUT2D eigenvalue weighted by molar-refractivity contribution is 7.89. The molecule has 0 radical (unpaired) electrons. The van der Waals surface area contributed by atoms with Gasteiger partial charge >= 0.3 is 0 Å². The first-order valence-corrected chi connectivity index (χ1v) is 5.58. The number of hydrogen-bond donors (Lipinski definition) is 0. The summed E-state index contributed by atoms with van der Waals surface area (Å²) in [5.74, 6) is -0.557. The van der Waals surface area contributed by atoms with Gasteiger partial charge in [0.25, 0.3) is 5.69 Å². The quantitative estimate of drug-likeness (QED) is 0.262. The Hall–Kier alpha value is -2.12. The first-order valence-electron chi connectivity index (χ1n) is 3.97. The van der Waals surface area contributed by atoms with Crippen LogP contribution in [0.5, 0.6) is 0 Å². The van der Waals surface area contributed by atoms with Gasteiger partial charge in [0, 0.05) is 21.6 Å². The van der Waals surface area contributed by atoms with E-state index in [0.29, 0.717) is 0 Å². The number of non-ortho nitro benzene ring substituents is 1. The van der Waals surface area contributed by atoms with E-state index in [-0.39, 0.29) is 11.3 Å². The SMILES string of the molecule is [N-]=[N+]=NS(=O)(=O)Cc1cccc([N+](=O)[O-])c1. The lowest BCUT2D eigenvalue weighted by Crippen LogP contribution is -1.99. The molecule has 1 aromatic rings. The van der Waals surface area contributed by atoms with Crippen molar-refractivity contribution in [3.8, 4) is 0 Å². The van der Waals surface area contributed by atoms with E-state index in [9.17, 15) is 18.5 Å². The summed E-state index contributed by atoms with van der Waals surface area (Å²) in [5.41, 5.74) is 7.98. The van der Waals surface area contributed by atoms with Crippen LogP contribution in [0.15, 0.2) is 28.8 Å². The van der Waals surface area contributed by atoms with Gasteiger partial charge in [-0.1, -0.05) is 12.1 Å². The summed E-state index contributed by atoms with van der Waals surface area (Å²) in [5, 5.41) is 10.4. The molecule has 0 aliphatic carbocycles. The molecular weight excluding hydrogens is 236 g/mol. The lowest BCUT2D eigenvalue weighted by molar-refractivity contribution is -0.384. The molecule has 8 nitrogen and oxygen atoms in total. The molecule has 0 saturated heterocycles. The van der Waals surface area contributed by atoms with Crippen LogP contribution in [0.4, 0.5) is 5.69 Å².